The van der Waals surface area contributed by atoms with Gasteiger partial charge in [0, 0.05) is 16.5 Å². The summed E-state index contributed by atoms with van der Waals surface area (Å²) in [5.74, 6) is 1.46. The Hall–Kier alpha value is -2.40. The van der Waals surface area contributed by atoms with Crippen molar-refractivity contribution in [1.29, 1.82) is 0 Å². The van der Waals surface area contributed by atoms with Crippen LogP contribution >= 0.6 is 11.6 Å². The Morgan fingerprint density at radius 2 is 1.95 bits per heavy atom. The second-order valence-corrected chi connectivity index (χ2v) is 5.73. The number of aryl methyl sites for hydroxylation is 3. The molecule has 0 saturated heterocycles. The van der Waals surface area contributed by atoms with Crippen LogP contribution in [0.25, 0.3) is 33.1 Å². The molecule has 4 rings (SSSR count). The first kappa shape index (κ1) is 13.3. The van der Waals surface area contributed by atoms with Gasteiger partial charge in [0.25, 0.3) is 0 Å². The fourth-order valence-electron chi connectivity index (χ4n) is 2.91. The Morgan fingerprint density at radius 3 is 2.68 bits per heavy atom. The van der Waals surface area contributed by atoms with E-state index in [4.69, 9.17) is 16.1 Å². The van der Waals surface area contributed by atoms with Gasteiger partial charge in [-0.25, -0.2) is 9.97 Å². The molecule has 0 saturated carbocycles. The number of nitrogens with zero attached hydrogens (tertiary/aromatic N) is 3. The molecule has 6 heteroatoms. The van der Waals surface area contributed by atoms with Crippen molar-refractivity contribution in [1.82, 2.24) is 20.1 Å². The molecule has 0 fully saturated rings. The van der Waals surface area contributed by atoms with Crippen molar-refractivity contribution in [3.63, 3.8) is 0 Å². The van der Waals surface area contributed by atoms with E-state index in [2.05, 4.69) is 26.2 Å². The molecule has 4 aromatic rings. The average molecular weight is 313 g/mol. The van der Waals surface area contributed by atoms with Gasteiger partial charge in [-0.05, 0) is 32.4 Å². The summed E-state index contributed by atoms with van der Waals surface area (Å²) in [5.41, 5.74) is 4.67. The molecule has 5 nitrogen and oxygen atoms in total. The third-order valence-electron chi connectivity index (χ3n) is 3.84. The molecule has 0 bridgehead atoms. The normalized spacial score (nSPS) is 11.6. The lowest BCUT2D eigenvalue weighted by Gasteiger charge is -2.01. The number of aromatic nitrogens is 4. The van der Waals surface area contributed by atoms with E-state index < -0.39 is 0 Å². The zero-order chi connectivity index (χ0) is 15.4. The molecule has 110 valence electrons. The van der Waals surface area contributed by atoms with Crippen LogP contribution in [0.2, 0.25) is 5.15 Å². The van der Waals surface area contributed by atoms with Gasteiger partial charge in [-0.1, -0.05) is 28.9 Å². The first-order valence-electron chi connectivity index (χ1n) is 6.93. The van der Waals surface area contributed by atoms with Crippen LogP contribution in [0.1, 0.15) is 17.3 Å². The van der Waals surface area contributed by atoms with Crippen molar-refractivity contribution in [2.75, 3.05) is 0 Å². The molecular formula is C16H13ClN4O. The smallest absolute Gasteiger partial charge is 0.143 e. The summed E-state index contributed by atoms with van der Waals surface area (Å²) in [7, 11) is 0. The van der Waals surface area contributed by atoms with E-state index >= 15 is 0 Å². The predicted molar refractivity (Wildman–Crippen MR) is 86.1 cm³/mol. The highest BCUT2D eigenvalue weighted by Gasteiger charge is 2.15. The minimum Gasteiger partial charge on any atom is -0.361 e. The van der Waals surface area contributed by atoms with Crippen LogP contribution in [-0.2, 0) is 0 Å². The maximum atomic E-state index is 6.28. The number of hydrogen-bond donors (Lipinski definition) is 1. The zero-order valence-corrected chi connectivity index (χ0v) is 13.1. The van der Waals surface area contributed by atoms with Gasteiger partial charge in [0.15, 0.2) is 0 Å². The number of H-pyrrole nitrogens is 1. The molecule has 0 amide bonds. The molecule has 3 heterocycles. The van der Waals surface area contributed by atoms with E-state index in [1.165, 1.54) is 0 Å². The lowest BCUT2D eigenvalue weighted by atomic mass is 10.0. The number of nitrogens with one attached hydrogen (secondary N) is 1. The van der Waals surface area contributed by atoms with Crippen LogP contribution in [0.3, 0.4) is 0 Å². The van der Waals surface area contributed by atoms with Crippen LogP contribution in [0.15, 0.2) is 22.7 Å². The van der Waals surface area contributed by atoms with Crippen molar-refractivity contribution >= 4 is 33.5 Å². The zero-order valence-electron chi connectivity index (χ0n) is 12.4. The first-order valence-corrected chi connectivity index (χ1v) is 7.31. The fourth-order valence-corrected chi connectivity index (χ4v) is 3.22. The van der Waals surface area contributed by atoms with Crippen molar-refractivity contribution in [3.05, 3.63) is 40.6 Å². The van der Waals surface area contributed by atoms with Crippen LogP contribution < -0.4 is 0 Å². The molecule has 0 atom stereocenters. The SMILES string of the molecule is Cc1nc(Cl)c2c(n1)[nH]c1cc(-c3c(C)noc3C)ccc12. The summed E-state index contributed by atoms with van der Waals surface area (Å²) < 4.78 is 5.25. The highest BCUT2D eigenvalue weighted by molar-refractivity contribution is 6.36. The topological polar surface area (TPSA) is 67.6 Å². The lowest BCUT2D eigenvalue weighted by Crippen LogP contribution is -1.88. The van der Waals surface area contributed by atoms with Gasteiger partial charge in [-0.15, -0.1) is 0 Å². The van der Waals surface area contributed by atoms with Gasteiger partial charge < -0.3 is 9.51 Å². The van der Waals surface area contributed by atoms with Gasteiger partial charge in [-0.3, -0.25) is 0 Å². The number of benzene rings is 1. The van der Waals surface area contributed by atoms with E-state index in [0.717, 1.165) is 44.5 Å². The molecule has 3 aromatic heterocycles. The number of hydrogen-bond acceptors (Lipinski definition) is 4. The van der Waals surface area contributed by atoms with E-state index in [9.17, 15) is 0 Å². The van der Waals surface area contributed by atoms with Crippen LogP contribution in [0, 0.1) is 20.8 Å². The third-order valence-corrected chi connectivity index (χ3v) is 4.11. The Labute approximate surface area is 131 Å². The quantitative estimate of drug-likeness (QED) is 0.531. The predicted octanol–water partition coefficient (Wildman–Crippen LogP) is 4.34. The Bertz CT molecular complexity index is 1010. The molecule has 22 heavy (non-hydrogen) atoms. The van der Waals surface area contributed by atoms with Crippen LogP contribution in [0.4, 0.5) is 0 Å². The molecule has 0 aliphatic carbocycles. The number of rotatable bonds is 1. The maximum absolute atomic E-state index is 6.28. The molecular weight excluding hydrogens is 300 g/mol. The largest absolute Gasteiger partial charge is 0.361 e. The minimum atomic E-state index is 0.471. The highest BCUT2D eigenvalue weighted by atomic mass is 35.5. The van der Waals surface area contributed by atoms with Gasteiger partial charge in [0.1, 0.15) is 22.4 Å². The van der Waals surface area contributed by atoms with Gasteiger partial charge >= 0.3 is 0 Å². The van der Waals surface area contributed by atoms with Crippen molar-refractivity contribution < 1.29 is 4.52 Å². The van der Waals surface area contributed by atoms with Gasteiger partial charge in [0.2, 0.25) is 0 Å². The standard InChI is InChI=1S/C16H13ClN4O/c1-7-13(8(2)22-21-7)10-4-5-11-12(6-10)20-16-14(11)15(17)18-9(3)19-16/h4-6H,1-3H3,(H,18,19,20). The monoisotopic (exact) mass is 312 g/mol. The maximum Gasteiger partial charge on any atom is 0.143 e. The van der Waals surface area contributed by atoms with Crippen molar-refractivity contribution in [2.24, 2.45) is 0 Å². The first-order chi connectivity index (χ1) is 10.5. The average Bonchev–Trinajstić information content (AvgIpc) is 2.97. The summed E-state index contributed by atoms with van der Waals surface area (Å²) in [6.45, 7) is 5.68. The van der Waals surface area contributed by atoms with Crippen LogP contribution in [0.5, 0.6) is 0 Å². The Kier molecular flexibility index (Phi) is 2.74. The number of halogens is 1. The number of aromatic amines is 1. The van der Waals surface area contributed by atoms with Gasteiger partial charge in [-0.2, -0.15) is 0 Å². The van der Waals surface area contributed by atoms with E-state index in [-0.39, 0.29) is 0 Å². The molecule has 0 radical (unpaired) electrons. The molecule has 0 aliphatic heterocycles. The summed E-state index contributed by atoms with van der Waals surface area (Å²) in [4.78, 5) is 12.0. The summed E-state index contributed by atoms with van der Waals surface area (Å²) in [6, 6.07) is 6.13. The van der Waals surface area contributed by atoms with Crippen LogP contribution in [-0.4, -0.2) is 20.1 Å². The lowest BCUT2D eigenvalue weighted by molar-refractivity contribution is 0.393. The van der Waals surface area contributed by atoms with Crippen molar-refractivity contribution in [2.45, 2.75) is 20.8 Å². The Morgan fingerprint density at radius 1 is 1.14 bits per heavy atom. The summed E-state index contributed by atoms with van der Waals surface area (Å²) in [6.07, 6.45) is 0. The second-order valence-electron chi connectivity index (χ2n) is 5.37. The van der Waals surface area contributed by atoms with E-state index in [1.807, 2.05) is 32.9 Å². The second kappa shape index (κ2) is 4.55. The minimum absolute atomic E-state index is 0.471. The van der Waals surface area contributed by atoms with Crippen molar-refractivity contribution in [3.8, 4) is 11.1 Å². The molecule has 1 N–H and O–H groups in total. The molecule has 0 aliphatic rings. The number of fused-ring (bicyclic) bond motifs is 3. The molecule has 1 aromatic carbocycles. The molecule has 0 unspecified atom stereocenters. The van der Waals surface area contributed by atoms with Gasteiger partial charge in [0.05, 0.1) is 11.1 Å². The molecule has 0 spiro atoms. The summed E-state index contributed by atoms with van der Waals surface area (Å²) >= 11 is 6.28. The van der Waals surface area contributed by atoms with E-state index in [1.54, 1.807) is 0 Å². The highest BCUT2D eigenvalue weighted by Crippen LogP contribution is 2.34. The third kappa shape index (κ3) is 1.82. The Balaban J connectivity index is 2.03. The fraction of sp³-hybridized carbons (Fsp3) is 0.188. The van der Waals surface area contributed by atoms with E-state index in [0.29, 0.717) is 11.0 Å². The summed E-state index contributed by atoms with van der Waals surface area (Å²) in [5, 5.41) is 6.35.